The summed E-state index contributed by atoms with van der Waals surface area (Å²) in [6.45, 7) is 3.65. The Hall–Kier alpha value is -1.62. The lowest BCUT2D eigenvalue weighted by Gasteiger charge is -2.28. The van der Waals surface area contributed by atoms with Crippen LogP contribution >= 0.6 is 0 Å². The van der Waals surface area contributed by atoms with Crippen LogP contribution in [-0.4, -0.2) is 24.2 Å². The number of hydrogen-bond donors (Lipinski definition) is 1. The smallest absolute Gasteiger partial charge is 0.292 e. The van der Waals surface area contributed by atoms with Gasteiger partial charge in [0.25, 0.3) is 5.69 Å². The van der Waals surface area contributed by atoms with Gasteiger partial charge in [-0.05, 0) is 31.7 Å². The van der Waals surface area contributed by atoms with Crippen LogP contribution in [0.2, 0.25) is 0 Å². The molecule has 0 unspecified atom stereocenters. The predicted molar refractivity (Wildman–Crippen MR) is 69.7 cm³/mol. The molecule has 0 saturated carbocycles. The summed E-state index contributed by atoms with van der Waals surface area (Å²) in [5.74, 6) is 0.513. The summed E-state index contributed by atoms with van der Waals surface area (Å²) in [5, 5.41) is 14.2. The molecule has 2 rings (SSSR count). The molecule has 1 heterocycles. The first-order chi connectivity index (χ1) is 8.68. The first-order valence-corrected chi connectivity index (χ1v) is 6.26. The fraction of sp³-hybridized carbons (Fsp3) is 0.538. The van der Waals surface area contributed by atoms with Crippen molar-refractivity contribution in [2.45, 2.75) is 25.8 Å². The largest absolute Gasteiger partial charge is 0.381 e. The molecule has 0 bridgehead atoms. The van der Waals surface area contributed by atoms with Gasteiger partial charge in [0.15, 0.2) is 0 Å². The molecular formula is C13H18N2O3. The van der Waals surface area contributed by atoms with Gasteiger partial charge in [0.2, 0.25) is 0 Å². The number of para-hydroxylation sites is 2. The molecule has 0 amide bonds. The van der Waals surface area contributed by atoms with Gasteiger partial charge in [-0.25, -0.2) is 0 Å². The standard InChI is InChI=1S/C13H18N2O3/c1-10(11-6-8-18-9-7-11)14-12-4-2-3-5-13(12)15(16)17/h2-5,10-11,14H,6-9H2,1H3/t10-/m1/s1. The van der Waals surface area contributed by atoms with Gasteiger partial charge in [-0.2, -0.15) is 0 Å². The van der Waals surface area contributed by atoms with Crippen LogP contribution in [0.1, 0.15) is 19.8 Å². The molecule has 98 valence electrons. The molecule has 1 aromatic rings. The zero-order valence-corrected chi connectivity index (χ0v) is 10.5. The molecule has 0 radical (unpaired) electrons. The number of nitrogens with one attached hydrogen (secondary N) is 1. The fourth-order valence-electron chi connectivity index (χ4n) is 2.33. The summed E-state index contributed by atoms with van der Waals surface area (Å²) < 4.78 is 5.33. The Kier molecular flexibility index (Phi) is 4.15. The van der Waals surface area contributed by atoms with Crippen LogP contribution in [-0.2, 0) is 4.74 Å². The van der Waals surface area contributed by atoms with Gasteiger partial charge in [-0.1, -0.05) is 12.1 Å². The van der Waals surface area contributed by atoms with Gasteiger partial charge in [-0.15, -0.1) is 0 Å². The summed E-state index contributed by atoms with van der Waals surface area (Å²) in [4.78, 5) is 10.6. The molecular weight excluding hydrogens is 232 g/mol. The van der Waals surface area contributed by atoms with Crippen molar-refractivity contribution < 1.29 is 9.66 Å². The Morgan fingerprint density at radius 2 is 2.06 bits per heavy atom. The minimum atomic E-state index is -0.348. The maximum Gasteiger partial charge on any atom is 0.292 e. The van der Waals surface area contributed by atoms with Crippen molar-refractivity contribution in [3.63, 3.8) is 0 Å². The molecule has 1 saturated heterocycles. The number of rotatable bonds is 4. The molecule has 1 atom stereocenters. The Balaban J connectivity index is 2.06. The number of nitro benzene ring substituents is 1. The second kappa shape index (κ2) is 5.82. The normalized spacial score (nSPS) is 18.3. The minimum absolute atomic E-state index is 0.136. The van der Waals surface area contributed by atoms with E-state index in [1.807, 2.05) is 6.07 Å². The highest BCUT2D eigenvalue weighted by Crippen LogP contribution is 2.27. The predicted octanol–water partition coefficient (Wildman–Crippen LogP) is 2.82. The van der Waals surface area contributed by atoms with Gasteiger partial charge in [0.05, 0.1) is 4.92 Å². The van der Waals surface area contributed by atoms with Crippen molar-refractivity contribution in [3.05, 3.63) is 34.4 Å². The molecule has 1 fully saturated rings. The quantitative estimate of drug-likeness (QED) is 0.659. The monoisotopic (exact) mass is 250 g/mol. The molecule has 1 aromatic carbocycles. The van der Waals surface area contributed by atoms with Crippen molar-refractivity contribution in [3.8, 4) is 0 Å². The van der Waals surface area contributed by atoms with Gasteiger partial charge >= 0.3 is 0 Å². The Bertz CT molecular complexity index is 416. The van der Waals surface area contributed by atoms with E-state index in [1.54, 1.807) is 12.1 Å². The van der Waals surface area contributed by atoms with E-state index in [4.69, 9.17) is 4.74 Å². The molecule has 1 aliphatic rings. The number of ether oxygens (including phenoxy) is 1. The zero-order valence-electron chi connectivity index (χ0n) is 10.5. The number of anilines is 1. The summed E-state index contributed by atoms with van der Waals surface area (Å²) >= 11 is 0. The average Bonchev–Trinajstić information content (AvgIpc) is 2.40. The summed E-state index contributed by atoms with van der Waals surface area (Å²) in [5.41, 5.74) is 0.734. The Morgan fingerprint density at radius 1 is 1.39 bits per heavy atom. The highest BCUT2D eigenvalue weighted by atomic mass is 16.6. The van der Waals surface area contributed by atoms with Crippen molar-refractivity contribution in [2.75, 3.05) is 18.5 Å². The number of nitrogens with zero attached hydrogens (tertiary/aromatic N) is 1. The lowest BCUT2D eigenvalue weighted by Crippen LogP contribution is -2.31. The maximum absolute atomic E-state index is 10.9. The molecule has 0 aliphatic carbocycles. The number of benzene rings is 1. The van der Waals surface area contributed by atoms with Gasteiger partial charge in [-0.3, -0.25) is 10.1 Å². The van der Waals surface area contributed by atoms with E-state index < -0.39 is 0 Å². The van der Waals surface area contributed by atoms with E-state index in [0.29, 0.717) is 11.6 Å². The van der Waals surface area contributed by atoms with E-state index in [-0.39, 0.29) is 16.7 Å². The second-order valence-electron chi connectivity index (χ2n) is 4.66. The van der Waals surface area contributed by atoms with E-state index >= 15 is 0 Å². The third kappa shape index (κ3) is 2.98. The summed E-state index contributed by atoms with van der Waals surface area (Å²) in [7, 11) is 0. The van der Waals surface area contributed by atoms with E-state index in [1.165, 1.54) is 6.07 Å². The third-order valence-electron chi connectivity index (χ3n) is 3.46. The minimum Gasteiger partial charge on any atom is -0.381 e. The maximum atomic E-state index is 10.9. The highest BCUT2D eigenvalue weighted by molar-refractivity contribution is 5.61. The lowest BCUT2D eigenvalue weighted by atomic mass is 9.93. The van der Waals surface area contributed by atoms with Crippen LogP contribution in [0.25, 0.3) is 0 Å². The fourth-order valence-corrected chi connectivity index (χ4v) is 2.33. The van der Waals surface area contributed by atoms with Crippen molar-refractivity contribution in [1.82, 2.24) is 0 Å². The van der Waals surface area contributed by atoms with Crippen LogP contribution in [0.5, 0.6) is 0 Å². The molecule has 1 aliphatic heterocycles. The van der Waals surface area contributed by atoms with E-state index in [2.05, 4.69) is 12.2 Å². The Labute approximate surface area is 106 Å². The molecule has 0 aromatic heterocycles. The zero-order chi connectivity index (χ0) is 13.0. The molecule has 0 spiro atoms. The Morgan fingerprint density at radius 3 is 2.72 bits per heavy atom. The van der Waals surface area contributed by atoms with E-state index in [9.17, 15) is 10.1 Å². The average molecular weight is 250 g/mol. The van der Waals surface area contributed by atoms with Crippen LogP contribution in [0, 0.1) is 16.0 Å². The third-order valence-corrected chi connectivity index (χ3v) is 3.46. The SMILES string of the molecule is C[C@@H](Nc1ccccc1[N+](=O)[O-])C1CCOCC1. The molecule has 5 nitrogen and oxygen atoms in total. The van der Waals surface area contributed by atoms with Crippen molar-refractivity contribution in [2.24, 2.45) is 5.92 Å². The number of hydrogen-bond acceptors (Lipinski definition) is 4. The van der Waals surface area contributed by atoms with Crippen molar-refractivity contribution >= 4 is 11.4 Å². The van der Waals surface area contributed by atoms with Gasteiger partial charge in [0, 0.05) is 25.3 Å². The topological polar surface area (TPSA) is 64.4 Å². The van der Waals surface area contributed by atoms with Crippen molar-refractivity contribution in [1.29, 1.82) is 0 Å². The lowest BCUT2D eigenvalue weighted by molar-refractivity contribution is -0.384. The van der Waals surface area contributed by atoms with E-state index in [0.717, 1.165) is 26.1 Å². The first kappa shape index (κ1) is 12.8. The van der Waals surface area contributed by atoms with Crippen LogP contribution in [0.3, 0.4) is 0 Å². The van der Waals surface area contributed by atoms with Crippen LogP contribution in [0.4, 0.5) is 11.4 Å². The molecule has 18 heavy (non-hydrogen) atoms. The van der Waals surface area contributed by atoms with Gasteiger partial charge in [0.1, 0.15) is 5.69 Å². The second-order valence-corrected chi connectivity index (χ2v) is 4.66. The summed E-state index contributed by atoms with van der Waals surface area (Å²) in [6.07, 6.45) is 2.02. The van der Waals surface area contributed by atoms with Crippen LogP contribution < -0.4 is 5.32 Å². The van der Waals surface area contributed by atoms with Crippen LogP contribution in [0.15, 0.2) is 24.3 Å². The number of nitro groups is 1. The molecule has 5 heteroatoms. The summed E-state index contributed by atoms with van der Waals surface area (Å²) in [6, 6.07) is 7.00. The van der Waals surface area contributed by atoms with Gasteiger partial charge < -0.3 is 10.1 Å². The highest BCUT2D eigenvalue weighted by Gasteiger charge is 2.22. The first-order valence-electron chi connectivity index (χ1n) is 6.26. The molecule has 1 N–H and O–H groups in total.